The van der Waals surface area contributed by atoms with Crippen molar-refractivity contribution >= 4 is 29.3 Å². The van der Waals surface area contributed by atoms with Crippen molar-refractivity contribution in [3.8, 4) is 11.5 Å². The molecule has 1 amide bonds. The van der Waals surface area contributed by atoms with Crippen molar-refractivity contribution in [3.05, 3.63) is 51.8 Å². The molecule has 0 aliphatic carbocycles. The number of alkyl halides is 3. The van der Waals surface area contributed by atoms with Gasteiger partial charge in [-0.15, -0.1) is 0 Å². The molecule has 0 aliphatic rings. The summed E-state index contributed by atoms with van der Waals surface area (Å²) in [4.78, 5) is 17.1. The van der Waals surface area contributed by atoms with Gasteiger partial charge in [-0.05, 0) is 51.8 Å². The van der Waals surface area contributed by atoms with Gasteiger partial charge in [0.1, 0.15) is 15.8 Å². The second-order valence-electron chi connectivity index (χ2n) is 7.61. The van der Waals surface area contributed by atoms with Gasteiger partial charge >= 0.3 is 12.3 Å². The van der Waals surface area contributed by atoms with E-state index in [1.165, 1.54) is 0 Å². The number of aromatic nitrogens is 1. The maximum absolute atomic E-state index is 13.0. The Morgan fingerprint density at radius 1 is 1.13 bits per heavy atom. The van der Waals surface area contributed by atoms with E-state index in [2.05, 4.69) is 4.98 Å². The smallest absolute Gasteiger partial charge is 0.434 e. The zero-order valence-electron chi connectivity index (χ0n) is 17.5. The number of rotatable bonds is 6. The van der Waals surface area contributed by atoms with Crippen LogP contribution in [0.4, 0.5) is 18.0 Å². The van der Waals surface area contributed by atoms with Gasteiger partial charge in [0.05, 0.1) is 12.8 Å². The predicted molar refractivity (Wildman–Crippen MR) is 113 cm³/mol. The molecule has 0 aliphatic heterocycles. The normalized spacial score (nSPS) is 11.9. The Morgan fingerprint density at radius 3 is 2.26 bits per heavy atom. The van der Waals surface area contributed by atoms with E-state index in [9.17, 15) is 18.0 Å². The lowest BCUT2D eigenvalue weighted by Crippen LogP contribution is -2.47. The summed E-state index contributed by atoms with van der Waals surface area (Å²) in [5, 5.41) is -0.850. The van der Waals surface area contributed by atoms with E-state index in [0.717, 1.165) is 11.8 Å². The third-order valence-electron chi connectivity index (χ3n) is 4.26. The molecule has 0 saturated heterocycles. The molecule has 1 heterocycles. The summed E-state index contributed by atoms with van der Waals surface area (Å²) in [6.45, 7) is 8.21. The minimum Gasteiger partial charge on any atom is -0.454 e. The molecule has 0 bridgehead atoms. The molecule has 0 radical (unpaired) electrons. The average Bonchev–Trinajstić information content (AvgIpc) is 2.64. The molecule has 10 heteroatoms. The maximum Gasteiger partial charge on any atom is 0.434 e. The molecule has 0 saturated carbocycles. The van der Waals surface area contributed by atoms with Crippen LogP contribution in [0.25, 0.3) is 0 Å². The number of carbonyl (C=O) groups is 1. The highest BCUT2D eigenvalue weighted by molar-refractivity contribution is 6.37. The molecule has 0 fully saturated rings. The van der Waals surface area contributed by atoms with Gasteiger partial charge in [-0.1, -0.05) is 35.3 Å². The number of hydrogen-bond acceptors (Lipinski definition) is 4. The number of halogens is 5. The fraction of sp³-hybridized carbons (Fsp3) is 0.429. The predicted octanol–water partition coefficient (Wildman–Crippen LogP) is 7.00. The lowest BCUT2D eigenvalue weighted by Gasteiger charge is -2.34. The zero-order valence-corrected chi connectivity index (χ0v) is 19.0. The Morgan fingerprint density at radius 2 is 1.74 bits per heavy atom. The number of ether oxygens (including phenoxy) is 2. The van der Waals surface area contributed by atoms with E-state index in [4.69, 9.17) is 32.7 Å². The molecule has 1 aromatic heterocycles. The van der Waals surface area contributed by atoms with Crippen LogP contribution in [0.1, 0.15) is 39.0 Å². The lowest BCUT2D eigenvalue weighted by atomic mass is 10.0. The van der Waals surface area contributed by atoms with Crippen LogP contribution in [0.3, 0.4) is 0 Å². The van der Waals surface area contributed by atoms with Crippen LogP contribution in [0.15, 0.2) is 30.5 Å². The molecule has 170 valence electrons. The average molecular weight is 479 g/mol. The molecular weight excluding hydrogens is 456 g/mol. The van der Waals surface area contributed by atoms with Crippen LogP contribution in [0.5, 0.6) is 11.5 Å². The highest BCUT2D eigenvalue weighted by atomic mass is 35.5. The zero-order chi connectivity index (χ0) is 23.4. The van der Waals surface area contributed by atoms with Gasteiger partial charge in [0.2, 0.25) is 0 Å². The van der Waals surface area contributed by atoms with Crippen molar-refractivity contribution < 1.29 is 27.4 Å². The van der Waals surface area contributed by atoms with Crippen molar-refractivity contribution in [2.24, 2.45) is 0 Å². The fourth-order valence-electron chi connectivity index (χ4n) is 2.72. The van der Waals surface area contributed by atoms with Crippen molar-refractivity contribution in [3.63, 3.8) is 0 Å². The molecule has 0 unspecified atom stereocenters. The highest BCUT2D eigenvalue weighted by Crippen LogP contribution is 2.42. The topological polar surface area (TPSA) is 51.7 Å². The molecule has 2 rings (SSSR count). The van der Waals surface area contributed by atoms with Gasteiger partial charge in [-0.25, -0.2) is 9.78 Å². The van der Waals surface area contributed by atoms with Crippen molar-refractivity contribution in [2.75, 3.05) is 13.2 Å². The van der Waals surface area contributed by atoms with Crippen LogP contribution < -0.4 is 4.74 Å². The fourth-order valence-corrected chi connectivity index (χ4v) is 3.25. The summed E-state index contributed by atoms with van der Waals surface area (Å²) in [5.41, 5.74) is -0.791. The Labute approximate surface area is 189 Å². The van der Waals surface area contributed by atoms with E-state index < -0.39 is 28.5 Å². The molecule has 0 N–H and O–H groups in total. The van der Waals surface area contributed by atoms with Gasteiger partial charge in [-0.2, -0.15) is 13.2 Å². The minimum absolute atomic E-state index is 0.141. The third-order valence-corrected chi connectivity index (χ3v) is 4.88. The largest absolute Gasteiger partial charge is 0.454 e. The van der Waals surface area contributed by atoms with Crippen LogP contribution in [-0.4, -0.2) is 34.7 Å². The van der Waals surface area contributed by atoms with Crippen LogP contribution >= 0.6 is 23.2 Å². The summed E-state index contributed by atoms with van der Waals surface area (Å²) < 4.78 is 49.6. The van der Waals surface area contributed by atoms with E-state index in [0.29, 0.717) is 13.0 Å². The summed E-state index contributed by atoms with van der Waals surface area (Å²) in [6.07, 6.45) is -3.74. The number of nitrogens with zero attached hydrogens (tertiary/aromatic N) is 2. The van der Waals surface area contributed by atoms with E-state index in [1.807, 2.05) is 20.8 Å². The molecule has 0 spiro atoms. The first-order valence-electron chi connectivity index (χ1n) is 9.47. The van der Waals surface area contributed by atoms with Crippen molar-refractivity contribution in [1.82, 2.24) is 9.88 Å². The molecule has 1 aromatic carbocycles. The molecule has 31 heavy (non-hydrogen) atoms. The van der Waals surface area contributed by atoms with E-state index in [-0.39, 0.29) is 23.1 Å². The van der Waals surface area contributed by atoms with Crippen LogP contribution in [-0.2, 0) is 17.3 Å². The SMILES string of the molecule is CCOC(=O)N(CCc1ccc(Oc2c(Cl)cnc(C(F)(F)F)c2Cl)cc1)C(C)(C)C. The van der Waals surface area contributed by atoms with Gasteiger partial charge in [-0.3, -0.25) is 0 Å². The van der Waals surface area contributed by atoms with Crippen LogP contribution in [0.2, 0.25) is 10.0 Å². The lowest BCUT2D eigenvalue weighted by molar-refractivity contribution is -0.141. The number of amides is 1. The van der Waals surface area contributed by atoms with E-state index >= 15 is 0 Å². The van der Waals surface area contributed by atoms with Gasteiger partial charge in [0.25, 0.3) is 0 Å². The van der Waals surface area contributed by atoms with E-state index in [1.54, 1.807) is 36.1 Å². The van der Waals surface area contributed by atoms with Crippen molar-refractivity contribution in [2.45, 2.75) is 45.8 Å². The molecular formula is C21H23Cl2F3N2O3. The number of benzene rings is 1. The quantitative estimate of drug-likeness (QED) is 0.448. The first kappa shape index (κ1) is 25.1. The standard InChI is InChI=1S/C21H23Cl2F3N2O3/c1-5-30-19(29)28(20(2,3)4)11-10-13-6-8-14(9-7-13)31-17-15(22)12-27-18(16(17)23)21(24,25)26/h6-9,12H,5,10-11H2,1-4H3. The number of pyridine rings is 1. The molecule has 5 nitrogen and oxygen atoms in total. The second-order valence-corrected chi connectivity index (χ2v) is 8.40. The first-order chi connectivity index (χ1) is 14.3. The van der Waals surface area contributed by atoms with Crippen molar-refractivity contribution in [1.29, 1.82) is 0 Å². The Kier molecular flexibility index (Phi) is 8.05. The van der Waals surface area contributed by atoms with Crippen LogP contribution in [0, 0.1) is 0 Å². The summed E-state index contributed by atoms with van der Waals surface area (Å²) >= 11 is 11.7. The van der Waals surface area contributed by atoms with Gasteiger partial charge < -0.3 is 14.4 Å². The monoisotopic (exact) mass is 478 g/mol. The highest BCUT2D eigenvalue weighted by Gasteiger charge is 2.37. The first-order valence-corrected chi connectivity index (χ1v) is 10.2. The molecule has 0 atom stereocenters. The summed E-state index contributed by atoms with van der Waals surface area (Å²) in [6, 6.07) is 6.66. The van der Waals surface area contributed by atoms with Gasteiger partial charge in [0.15, 0.2) is 11.4 Å². The van der Waals surface area contributed by atoms with Gasteiger partial charge in [0, 0.05) is 12.1 Å². The Bertz CT molecular complexity index is 914. The second kappa shape index (κ2) is 9.96. The number of hydrogen-bond donors (Lipinski definition) is 0. The summed E-state index contributed by atoms with van der Waals surface area (Å²) in [7, 11) is 0. The molecule has 2 aromatic rings. The third kappa shape index (κ3) is 6.64. The number of carbonyl (C=O) groups excluding carboxylic acids is 1. The Balaban J connectivity index is 2.14. The minimum atomic E-state index is -4.73. The maximum atomic E-state index is 13.0. The Hall–Kier alpha value is -2.19. The summed E-state index contributed by atoms with van der Waals surface area (Å²) in [5.74, 6) is -0.0652.